The van der Waals surface area contributed by atoms with E-state index in [-0.39, 0.29) is 5.91 Å². The van der Waals surface area contributed by atoms with Crippen LogP contribution in [0.5, 0.6) is 0 Å². The highest BCUT2D eigenvalue weighted by Crippen LogP contribution is 2.35. The number of carboxylic acids is 1. The molecule has 1 saturated heterocycles. The molecule has 122 valence electrons. The molecule has 0 bridgehead atoms. The average Bonchev–Trinajstić information content (AvgIpc) is 2.77. The van der Waals surface area contributed by atoms with Gasteiger partial charge in [-0.3, -0.25) is 9.69 Å². The molecule has 0 radical (unpaired) electrons. The molecule has 0 saturated carbocycles. The van der Waals surface area contributed by atoms with E-state index in [2.05, 4.69) is 0 Å². The topological polar surface area (TPSA) is 57.6 Å². The van der Waals surface area contributed by atoms with Crippen LogP contribution >= 0.6 is 35.6 Å². The van der Waals surface area contributed by atoms with Crippen molar-refractivity contribution >= 4 is 57.9 Å². The van der Waals surface area contributed by atoms with E-state index < -0.39 is 12.0 Å². The zero-order valence-electron chi connectivity index (χ0n) is 12.5. The molecule has 0 spiro atoms. The minimum atomic E-state index is -1.03. The van der Waals surface area contributed by atoms with Gasteiger partial charge in [-0.25, -0.2) is 4.79 Å². The van der Waals surface area contributed by atoms with E-state index in [1.54, 1.807) is 30.3 Å². The third-order valence-corrected chi connectivity index (χ3v) is 5.00. The molecular formula is C16H16ClNO3S2. The van der Waals surface area contributed by atoms with E-state index in [1.165, 1.54) is 4.90 Å². The maximum absolute atomic E-state index is 12.6. The third kappa shape index (κ3) is 4.34. The number of unbranched alkanes of at least 4 members (excludes halogenated alkanes) is 1. The van der Waals surface area contributed by atoms with E-state index >= 15 is 0 Å². The lowest BCUT2D eigenvalue weighted by molar-refractivity contribution is -0.145. The molecule has 1 aromatic carbocycles. The van der Waals surface area contributed by atoms with E-state index in [0.717, 1.165) is 30.2 Å². The zero-order chi connectivity index (χ0) is 17.0. The van der Waals surface area contributed by atoms with Crippen molar-refractivity contribution in [3.63, 3.8) is 0 Å². The van der Waals surface area contributed by atoms with Crippen molar-refractivity contribution in [2.24, 2.45) is 0 Å². The standard InChI is InChI=1S/C16H16ClNO3S2/c1-2-3-4-12(15(20)21)18-14(19)13(23-16(18)22)9-10-5-7-11(17)8-6-10/h5-9,12H,2-4H2,1H3,(H,20,21)/b13-9-/t12-/m1/s1. The molecule has 1 amide bonds. The molecule has 0 unspecified atom stereocenters. The van der Waals surface area contributed by atoms with E-state index in [9.17, 15) is 14.7 Å². The molecule has 1 heterocycles. The maximum Gasteiger partial charge on any atom is 0.326 e. The van der Waals surface area contributed by atoms with Gasteiger partial charge in [-0.2, -0.15) is 0 Å². The van der Waals surface area contributed by atoms with Crippen LogP contribution in [0.3, 0.4) is 0 Å². The average molecular weight is 370 g/mol. The van der Waals surface area contributed by atoms with Gasteiger partial charge in [0.25, 0.3) is 5.91 Å². The molecule has 0 aliphatic carbocycles. The van der Waals surface area contributed by atoms with Gasteiger partial charge in [0.2, 0.25) is 0 Å². The maximum atomic E-state index is 12.6. The highest BCUT2D eigenvalue weighted by atomic mass is 35.5. The summed E-state index contributed by atoms with van der Waals surface area (Å²) < 4.78 is 0.290. The smallest absolute Gasteiger partial charge is 0.326 e. The number of benzene rings is 1. The SMILES string of the molecule is CCCC[C@H](C(=O)O)N1C(=O)/C(=C/c2ccc(Cl)cc2)SC1=S. The van der Waals surface area contributed by atoms with Crippen molar-refractivity contribution < 1.29 is 14.7 Å². The van der Waals surface area contributed by atoms with Gasteiger partial charge in [0.1, 0.15) is 10.4 Å². The van der Waals surface area contributed by atoms with Crippen LogP contribution in [-0.4, -0.2) is 32.2 Å². The van der Waals surface area contributed by atoms with Crippen molar-refractivity contribution in [3.05, 3.63) is 39.8 Å². The van der Waals surface area contributed by atoms with E-state index in [1.807, 2.05) is 6.92 Å². The van der Waals surface area contributed by atoms with Gasteiger partial charge < -0.3 is 5.11 Å². The van der Waals surface area contributed by atoms with Crippen molar-refractivity contribution in [1.29, 1.82) is 0 Å². The molecule has 23 heavy (non-hydrogen) atoms. The molecule has 7 heteroatoms. The number of carbonyl (C=O) groups excluding carboxylic acids is 1. The fourth-order valence-electron chi connectivity index (χ4n) is 2.22. The van der Waals surface area contributed by atoms with Gasteiger partial charge >= 0.3 is 5.97 Å². The van der Waals surface area contributed by atoms with Gasteiger partial charge in [0, 0.05) is 5.02 Å². The number of rotatable bonds is 6. The van der Waals surface area contributed by atoms with Crippen LogP contribution in [0, 0.1) is 0 Å². The molecule has 1 aromatic rings. The Morgan fingerprint density at radius 2 is 2.09 bits per heavy atom. The van der Waals surface area contributed by atoms with Crippen molar-refractivity contribution in [2.45, 2.75) is 32.2 Å². The van der Waals surface area contributed by atoms with E-state index in [4.69, 9.17) is 23.8 Å². The number of aliphatic carboxylic acids is 1. The molecule has 1 aliphatic rings. The number of amides is 1. The van der Waals surface area contributed by atoms with Crippen LogP contribution in [0.25, 0.3) is 6.08 Å². The predicted octanol–water partition coefficient (Wildman–Crippen LogP) is 4.18. The molecular weight excluding hydrogens is 354 g/mol. The summed E-state index contributed by atoms with van der Waals surface area (Å²) in [5, 5.41) is 10.0. The van der Waals surface area contributed by atoms with Gasteiger partial charge in [0.05, 0.1) is 4.91 Å². The van der Waals surface area contributed by atoms with Gasteiger partial charge in [-0.15, -0.1) is 0 Å². The van der Waals surface area contributed by atoms with Crippen LogP contribution in [0.2, 0.25) is 5.02 Å². The van der Waals surface area contributed by atoms with Crippen LogP contribution in [0.15, 0.2) is 29.2 Å². The Hall–Kier alpha value is -1.37. The molecule has 1 aliphatic heterocycles. The first-order valence-corrected chi connectivity index (χ1v) is 8.79. The zero-order valence-corrected chi connectivity index (χ0v) is 14.9. The minimum absolute atomic E-state index is 0.290. The molecule has 1 N–H and O–H groups in total. The normalized spacial score (nSPS) is 17.8. The number of carbonyl (C=O) groups is 2. The third-order valence-electron chi connectivity index (χ3n) is 3.42. The second kappa shape index (κ2) is 7.95. The van der Waals surface area contributed by atoms with Crippen molar-refractivity contribution in [3.8, 4) is 0 Å². The number of hydrogen-bond donors (Lipinski definition) is 1. The number of hydrogen-bond acceptors (Lipinski definition) is 4. The predicted molar refractivity (Wildman–Crippen MR) is 97.4 cm³/mol. The largest absolute Gasteiger partial charge is 0.480 e. The Labute approximate surface area is 149 Å². The molecule has 4 nitrogen and oxygen atoms in total. The highest BCUT2D eigenvalue weighted by molar-refractivity contribution is 8.26. The van der Waals surface area contributed by atoms with Crippen LogP contribution in [0.4, 0.5) is 0 Å². The van der Waals surface area contributed by atoms with Gasteiger partial charge in [0.15, 0.2) is 0 Å². The Bertz CT molecular complexity index is 658. The minimum Gasteiger partial charge on any atom is -0.480 e. The number of halogens is 1. The number of carboxylic acid groups (broad SMARTS) is 1. The monoisotopic (exact) mass is 369 g/mol. The summed E-state index contributed by atoms with van der Waals surface area (Å²) in [4.78, 5) is 25.7. The van der Waals surface area contributed by atoms with Gasteiger partial charge in [-0.1, -0.05) is 67.5 Å². The second-order valence-electron chi connectivity index (χ2n) is 5.10. The fraction of sp³-hybridized carbons (Fsp3) is 0.312. The second-order valence-corrected chi connectivity index (χ2v) is 7.21. The Morgan fingerprint density at radius 3 is 2.65 bits per heavy atom. The summed E-state index contributed by atoms with van der Waals surface area (Å²) in [6.45, 7) is 1.98. The summed E-state index contributed by atoms with van der Waals surface area (Å²) in [5.41, 5.74) is 0.815. The van der Waals surface area contributed by atoms with Gasteiger partial charge in [-0.05, 0) is 30.2 Å². The molecule has 1 fully saturated rings. The fourth-order valence-corrected chi connectivity index (χ4v) is 3.70. The van der Waals surface area contributed by atoms with Crippen LogP contribution in [-0.2, 0) is 9.59 Å². The first-order chi connectivity index (χ1) is 10.9. The summed E-state index contributed by atoms with van der Waals surface area (Å²) in [6, 6.07) is 6.14. The number of thioether (sulfide) groups is 1. The molecule has 1 atom stereocenters. The Balaban J connectivity index is 2.24. The summed E-state index contributed by atoms with van der Waals surface area (Å²) in [7, 11) is 0. The summed E-state index contributed by atoms with van der Waals surface area (Å²) in [6.07, 6.45) is 3.68. The van der Waals surface area contributed by atoms with E-state index in [0.29, 0.717) is 20.7 Å². The van der Waals surface area contributed by atoms with Crippen LogP contribution < -0.4 is 0 Å². The Morgan fingerprint density at radius 1 is 1.43 bits per heavy atom. The first-order valence-electron chi connectivity index (χ1n) is 7.19. The molecule has 0 aromatic heterocycles. The van der Waals surface area contributed by atoms with Crippen molar-refractivity contribution in [2.75, 3.05) is 0 Å². The molecule has 2 rings (SSSR count). The lowest BCUT2D eigenvalue weighted by atomic mass is 10.1. The Kier molecular flexibility index (Phi) is 6.21. The number of thiocarbonyl (C=S) groups is 1. The van der Waals surface area contributed by atoms with Crippen molar-refractivity contribution in [1.82, 2.24) is 4.90 Å². The van der Waals surface area contributed by atoms with Crippen LogP contribution in [0.1, 0.15) is 31.7 Å². The summed E-state index contributed by atoms with van der Waals surface area (Å²) >= 11 is 12.2. The lowest BCUT2D eigenvalue weighted by Gasteiger charge is -2.22. The summed E-state index contributed by atoms with van der Waals surface area (Å²) in [5.74, 6) is -1.37. The highest BCUT2D eigenvalue weighted by Gasteiger charge is 2.40. The lowest BCUT2D eigenvalue weighted by Crippen LogP contribution is -2.43. The quantitative estimate of drug-likeness (QED) is 0.602. The number of nitrogens with zero attached hydrogens (tertiary/aromatic N) is 1. The first kappa shape index (κ1) is 18.0.